The molecule has 0 aliphatic carbocycles. The molecule has 0 radical (unpaired) electrons. The minimum Gasteiger partial charge on any atom is -0.345 e. The maximum atomic E-state index is 12.9. The van der Waals surface area contributed by atoms with Gasteiger partial charge < -0.3 is 4.90 Å². The molecule has 19 heavy (non-hydrogen) atoms. The van der Waals surface area contributed by atoms with E-state index in [1.807, 2.05) is 11.9 Å². The maximum absolute atomic E-state index is 12.9. The van der Waals surface area contributed by atoms with Crippen LogP contribution in [0.25, 0.3) is 0 Å². The van der Waals surface area contributed by atoms with Crippen LogP contribution in [0.5, 0.6) is 0 Å². The molecule has 0 fully saturated rings. The molecule has 0 saturated carbocycles. The summed E-state index contributed by atoms with van der Waals surface area (Å²) in [6.45, 7) is 6.60. The molecule has 0 unspecified atom stereocenters. The second kappa shape index (κ2) is 5.04. The van der Waals surface area contributed by atoms with E-state index < -0.39 is 0 Å². The summed E-state index contributed by atoms with van der Waals surface area (Å²) in [6, 6.07) is 15.0. The molecule has 0 aliphatic heterocycles. The molecule has 0 bridgehead atoms. The molecule has 100 valence electrons. The van der Waals surface area contributed by atoms with Crippen molar-refractivity contribution < 1.29 is 4.39 Å². The number of anilines is 2. The lowest BCUT2D eigenvalue weighted by atomic mass is 9.87. The molecule has 2 rings (SSSR count). The Bertz CT molecular complexity index is 535. The van der Waals surface area contributed by atoms with Crippen molar-refractivity contribution in [2.75, 3.05) is 11.9 Å². The van der Waals surface area contributed by atoms with Crippen LogP contribution in [0.15, 0.2) is 48.5 Å². The van der Waals surface area contributed by atoms with Crippen molar-refractivity contribution in [2.24, 2.45) is 0 Å². The zero-order valence-corrected chi connectivity index (χ0v) is 11.9. The number of rotatable bonds is 2. The SMILES string of the molecule is CN(c1ccc(F)cc1)c1ccc(C(C)(C)C)cc1. The highest BCUT2D eigenvalue weighted by Gasteiger charge is 2.13. The average molecular weight is 257 g/mol. The Balaban J connectivity index is 2.25. The molecule has 2 aromatic carbocycles. The lowest BCUT2D eigenvalue weighted by Crippen LogP contribution is -2.12. The van der Waals surface area contributed by atoms with E-state index in [1.54, 1.807) is 12.1 Å². The highest BCUT2D eigenvalue weighted by Crippen LogP contribution is 2.27. The molecule has 2 heteroatoms. The second-order valence-corrected chi connectivity index (χ2v) is 5.83. The first-order valence-corrected chi connectivity index (χ1v) is 6.48. The minimum atomic E-state index is -0.208. The highest BCUT2D eigenvalue weighted by atomic mass is 19.1. The zero-order valence-electron chi connectivity index (χ0n) is 11.9. The van der Waals surface area contributed by atoms with Crippen LogP contribution in [0.2, 0.25) is 0 Å². The summed E-state index contributed by atoms with van der Waals surface area (Å²) in [5.74, 6) is -0.208. The number of benzene rings is 2. The molecule has 0 N–H and O–H groups in total. The quantitative estimate of drug-likeness (QED) is 0.740. The van der Waals surface area contributed by atoms with Gasteiger partial charge in [0.15, 0.2) is 0 Å². The fourth-order valence-electron chi connectivity index (χ4n) is 2.00. The number of nitrogens with zero attached hydrogens (tertiary/aromatic N) is 1. The molecule has 2 aromatic rings. The molecular weight excluding hydrogens is 237 g/mol. The van der Waals surface area contributed by atoms with Crippen LogP contribution in [-0.2, 0) is 5.41 Å². The molecule has 0 saturated heterocycles. The Hall–Kier alpha value is -1.83. The summed E-state index contributed by atoms with van der Waals surface area (Å²) in [6.07, 6.45) is 0. The normalized spacial score (nSPS) is 11.4. The molecule has 0 spiro atoms. The van der Waals surface area contributed by atoms with E-state index >= 15 is 0 Å². The number of hydrogen-bond acceptors (Lipinski definition) is 1. The number of halogens is 1. The number of hydrogen-bond donors (Lipinski definition) is 0. The van der Waals surface area contributed by atoms with Crippen LogP contribution in [-0.4, -0.2) is 7.05 Å². The van der Waals surface area contributed by atoms with Gasteiger partial charge in [-0.3, -0.25) is 0 Å². The first kappa shape index (κ1) is 13.6. The average Bonchev–Trinajstić information content (AvgIpc) is 2.38. The Morgan fingerprint density at radius 2 is 1.21 bits per heavy atom. The lowest BCUT2D eigenvalue weighted by molar-refractivity contribution is 0.590. The van der Waals surface area contributed by atoms with Crippen molar-refractivity contribution >= 4 is 11.4 Å². The van der Waals surface area contributed by atoms with Crippen molar-refractivity contribution in [2.45, 2.75) is 26.2 Å². The maximum Gasteiger partial charge on any atom is 0.123 e. The van der Waals surface area contributed by atoms with E-state index in [9.17, 15) is 4.39 Å². The van der Waals surface area contributed by atoms with Crippen molar-refractivity contribution in [3.8, 4) is 0 Å². The van der Waals surface area contributed by atoms with Crippen molar-refractivity contribution in [1.29, 1.82) is 0 Å². The van der Waals surface area contributed by atoms with Crippen LogP contribution in [0, 0.1) is 5.82 Å². The molecular formula is C17H20FN. The summed E-state index contributed by atoms with van der Waals surface area (Å²) in [4.78, 5) is 2.05. The molecule has 0 amide bonds. The van der Waals surface area contributed by atoms with Crippen LogP contribution in [0.3, 0.4) is 0 Å². The van der Waals surface area contributed by atoms with Crippen molar-refractivity contribution in [3.05, 3.63) is 59.9 Å². The fourth-order valence-corrected chi connectivity index (χ4v) is 2.00. The van der Waals surface area contributed by atoms with E-state index in [-0.39, 0.29) is 11.2 Å². The summed E-state index contributed by atoms with van der Waals surface area (Å²) in [7, 11) is 1.99. The summed E-state index contributed by atoms with van der Waals surface area (Å²) >= 11 is 0. The zero-order chi connectivity index (χ0) is 14.0. The molecule has 0 heterocycles. The van der Waals surface area contributed by atoms with Crippen LogP contribution < -0.4 is 4.90 Å². The van der Waals surface area contributed by atoms with Gasteiger partial charge >= 0.3 is 0 Å². The predicted octanol–water partition coefficient (Wildman–Crippen LogP) is 4.89. The third-order valence-electron chi connectivity index (χ3n) is 3.33. The lowest BCUT2D eigenvalue weighted by Gasteiger charge is -2.23. The van der Waals surface area contributed by atoms with Gasteiger partial charge in [-0.25, -0.2) is 4.39 Å². The third kappa shape index (κ3) is 3.14. The summed E-state index contributed by atoms with van der Waals surface area (Å²) in [5.41, 5.74) is 3.54. The Labute approximate surface area is 114 Å². The summed E-state index contributed by atoms with van der Waals surface area (Å²) < 4.78 is 12.9. The van der Waals surface area contributed by atoms with Gasteiger partial charge in [0.2, 0.25) is 0 Å². The Morgan fingerprint density at radius 3 is 1.63 bits per heavy atom. The van der Waals surface area contributed by atoms with E-state index in [2.05, 4.69) is 45.0 Å². The Kier molecular flexibility index (Phi) is 3.61. The van der Waals surface area contributed by atoms with Gasteiger partial charge in [-0.2, -0.15) is 0 Å². The monoisotopic (exact) mass is 257 g/mol. The second-order valence-electron chi connectivity index (χ2n) is 5.83. The fraction of sp³-hybridized carbons (Fsp3) is 0.294. The molecule has 0 aromatic heterocycles. The van der Waals surface area contributed by atoms with Gasteiger partial charge in [0, 0.05) is 18.4 Å². The van der Waals surface area contributed by atoms with Crippen molar-refractivity contribution in [3.63, 3.8) is 0 Å². The predicted molar refractivity (Wildman–Crippen MR) is 79.6 cm³/mol. The topological polar surface area (TPSA) is 3.24 Å². The molecule has 1 nitrogen and oxygen atoms in total. The van der Waals surface area contributed by atoms with Crippen LogP contribution in [0.4, 0.5) is 15.8 Å². The summed E-state index contributed by atoms with van der Waals surface area (Å²) in [5, 5.41) is 0. The Morgan fingerprint density at radius 1 is 0.789 bits per heavy atom. The van der Waals surface area contributed by atoms with Gasteiger partial charge in [0.25, 0.3) is 0 Å². The van der Waals surface area contributed by atoms with Gasteiger partial charge in [-0.05, 0) is 47.4 Å². The van der Waals surface area contributed by atoms with Gasteiger partial charge in [0.05, 0.1) is 0 Å². The largest absolute Gasteiger partial charge is 0.345 e. The third-order valence-corrected chi connectivity index (χ3v) is 3.33. The van der Waals surface area contributed by atoms with Gasteiger partial charge in [-0.1, -0.05) is 32.9 Å². The molecule has 0 atom stereocenters. The standard InChI is InChI=1S/C17H20FN/c1-17(2,3)13-5-9-15(10-6-13)19(4)16-11-7-14(18)8-12-16/h5-12H,1-4H3. The van der Waals surface area contributed by atoms with Crippen LogP contribution >= 0.6 is 0 Å². The van der Waals surface area contributed by atoms with E-state index in [0.29, 0.717) is 0 Å². The van der Waals surface area contributed by atoms with E-state index in [0.717, 1.165) is 11.4 Å². The van der Waals surface area contributed by atoms with E-state index in [4.69, 9.17) is 0 Å². The first-order valence-electron chi connectivity index (χ1n) is 6.48. The van der Waals surface area contributed by atoms with E-state index in [1.165, 1.54) is 17.7 Å². The minimum absolute atomic E-state index is 0.160. The van der Waals surface area contributed by atoms with Gasteiger partial charge in [0.1, 0.15) is 5.82 Å². The van der Waals surface area contributed by atoms with Gasteiger partial charge in [-0.15, -0.1) is 0 Å². The highest BCUT2D eigenvalue weighted by molar-refractivity contribution is 5.62. The first-order chi connectivity index (χ1) is 8.88. The molecule has 0 aliphatic rings. The smallest absolute Gasteiger partial charge is 0.123 e. The van der Waals surface area contributed by atoms with Crippen LogP contribution in [0.1, 0.15) is 26.3 Å². The van der Waals surface area contributed by atoms with Crippen molar-refractivity contribution in [1.82, 2.24) is 0 Å².